The molecule has 2 aliphatic carbocycles. The van der Waals surface area contributed by atoms with Gasteiger partial charge in [0.15, 0.2) is 9.84 Å². The minimum absolute atomic E-state index is 0.0356. The van der Waals surface area contributed by atoms with Crippen LogP contribution in [0.3, 0.4) is 0 Å². The number of amides is 1. The topological polar surface area (TPSA) is 76.1 Å². The molecule has 1 aromatic carbocycles. The van der Waals surface area contributed by atoms with E-state index in [1.807, 2.05) is 0 Å². The van der Waals surface area contributed by atoms with Gasteiger partial charge < -0.3 is 5.32 Å². The number of nitrogens with one attached hydrogen (secondary N) is 1. The van der Waals surface area contributed by atoms with E-state index in [2.05, 4.69) is 10.3 Å². The third-order valence-electron chi connectivity index (χ3n) is 5.95. The van der Waals surface area contributed by atoms with Crippen LogP contribution in [0.5, 0.6) is 0 Å². The summed E-state index contributed by atoms with van der Waals surface area (Å²) in [6.45, 7) is 0. The highest BCUT2D eigenvalue weighted by Crippen LogP contribution is 2.39. The predicted molar refractivity (Wildman–Crippen MR) is 109 cm³/mol. The molecule has 2 saturated carbocycles. The minimum Gasteiger partial charge on any atom is -0.310 e. The summed E-state index contributed by atoms with van der Waals surface area (Å²) in [5, 5.41) is 2.27. The van der Waals surface area contributed by atoms with Crippen molar-refractivity contribution in [3.8, 4) is 0 Å². The molecule has 2 fully saturated rings. The van der Waals surface area contributed by atoms with Crippen molar-refractivity contribution in [2.45, 2.75) is 60.5 Å². The fourth-order valence-electron chi connectivity index (χ4n) is 4.07. The zero-order valence-electron chi connectivity index (χ0n) is 16.7. The quantitative estimate of drug-likeness (QED) is 0.678. The molecule has 5 nitrogen and oxygen atoms in total. The van der Waals surface area contributed by atoms with Crippen LogP contribution in [0.2, 0.25) is 0 Å². The number of sulfone groups is 1. The molecular formula is C22H23F3N2O3S. The van der Waals surface area contributed by atoms with Crippen LogP contribution in [0.15, 0.2) is 47.5 Å². The van der Waals surface area contributed by atoms with E-state index in [1.165, 1.54) is 18.2 Å². The molecule has 0 bridgehead atoms. The Balaban J connectivity index is 1.56. The van der Waals surface area contributed by atoms with Gasteiger partial charge in [0, 0.05) is 0 Å². The van der Waals surface area contributed by atoms with Gasteiger partial charge in [0.1, 0.15) is 24.0 Å². The molecule has 2 aliphatic rings. The average molecular weight is 452 g/mol. The van der Waals surface area contributed by atoms with Gasteiger partial charge in [-0.25, -0.2) is 26.6 Å². The number of rotatable bonds is 7. The number of hydrogen-bond acceptors (Lipinski definition) is 4. The summed E-state index contributed by atoms with van der Waals surface area (Å²) >= 11 is 0. The van der Waals surface area contributed by atoms with Crippen LogP contribution >= 0.6 is 0 Å². The lowest BCUT2D eigenvalue weighted by atomic mass is 9.87. The van der Waals surface area contributed by atoms with E-state index in [0.717, 1.165) is 12.3 Å². The van der Waals surface area contributed by atoms with E-state index in [4.69, 9.17) is 0 Å². The Bertz CT molecular complexity index is 1030. The van der Waals surface area contributed by atoms with E-state index in [1.54, 1.807) is 12.1 Å². The smallest absolute Gasteiger partial charge is 0.233 e. The Morgan fingerprint density at radius 3 is 2.26 bits per heavy atom. The van der Waals surface area contributed by atoms with Crippen molar-refractivity contribution >= 4 is 21.6 Å². The molecule has 9 heteroatoms. The van der Waals surface area contributed by atoms with Crippen LogP contribution in [0.25, 0.3) is 0 Å². The van der Waals surface area contributed by atoms with E-state index < -0.39 is 39.8 Å². The number of benzene rings is 1. The maximum atomic E-state index is 13.7. The normalized spacial score (nSPS) is 24.7. The average Bonchev–Trinajstić information content (AvgIpc) is 3.55. The number of halogens is 3. The number of alkyl halides is 2. The lowest BCUT2D eigenvalue weighted by Crippen LogP contribution is -2.24. The summed E-state index contributed by atoms with van der Waals surface area (Å²) in [6, 6.07) is 8.58. The van der Waals surface area contributed by atoms with Crippen molar-refractivity contribution in [2.24, 2.45) is 5.92 Å². The lowest BCUT2D eigenvalue weighted by Gasteiger charge is -2.21. The molecule has 0 radical (unpaired) electrons. The second-order valence-corrected chi connectivity index (χ2v) is 10.6. The van der Waals surface area contributed by atoms with Crippen LogP contribution in [-0.2, 0) is 14.6 Å². The number of carbonyl (C=O) groups is 1. The zero-order chi connectivity index (χ0) is 22.2. The van der Waals surface area contributed by atoms with Crippen LogP contribution in [0.1, 0.15) is 43.6 Å². The lowest BCUT2D eigenvalue weighted by molar-refractivity contribution is -0.118. The van der Waals surface area contributed by atoms with Gasteiger partial charge in [-0.1, -0.05) is 12.1 Å². The van der Waals surface area contributed by atoms with Crippen molar-refractivity contribution in [3.05, 3.63) is 54.0 Å². The molecule has 1 aromatic heterocycles. The van der Waals surface area contributed by atoms with Crippen molar-refractivity contribution in [1.82, 2.24) is 4.98 Å². The fourth-order valence-corrected chi connectivity index (χ4v) is 5.73. The number of nitrogens with zero attached hydrogens (tertiary/aromatic N) is 1. The summed E-state index contributed by atoms with van der Waals surface area (Å²) in [5.41, 5.74) is 0.548. The standard InChI is InChI=1S/C22H23F3N2O3S/c23-15-3-8-21(26-12-15)27-22(28)18(9-13-10-19(24)20(25)11-13)14-1-4-16(5-2-14)31(29,30)17-6-7-17/h1-5,8,12-13,17-20H,6-7,9-11H2,(H,26,27,28)/t13-,18?,19+,20-. The Morgan fingerprint density at radius 2 is 1.71 bits per heavy atom. The number of carbonyl (C=O) groups excluding carboxylic acids is 1. The predicted octanol–water partition coefficient (Wildman–Crippen LogP) is 4.36. The monoisotopic (exact) mass is 452 g/mol. The van der Waals surface area contributed by atoms with Gasteiger partial charge >= 0.3 is 0 Å². The van der Waals surface area contributed by atoms with Crippen LogP contribution in [0.4, 0.5) is 19.0 Å². The third kappa shape index (κ3) is 4.92. The molecular weight excluding hydrogens is 429 g/mol. The summed E-state index contributed by atoms with van der Waals surface area (Å²) < 4.78 is 65.3. The van der Waals surface area contributed by atoms with Gasteiger partial charge in [-0.05, 0) is 67.9 Å². The molecule has 1 amide bonds. The first-order valence-corrected chi connectivity index (χ1v) is 11.8. The van der Waals surface area contributed by atoms with E-state index >= 15 is 0 Å². The van der Waals surface area contributed by atoms with E-state index in [9.17, 15) is 26.4 Å². The first-order chi connectivity index (χ1) is 14.7. The highest BCUT2D eigenvalue weighted by Gasteiger charge is 2.38. The van der Waals surface area contributed by atoms with Crippen molar-refractivity contribution in [3.63, 3.8) is 0 Å². The molecule has 0 saturated heterocycles. The molecule has 1 unspecified atom stereocenters. The molecule has 1 heterocycles. The molecule has 166 valence electrons. The Morgan fingerprint density at radius 1 is 1.06 bits per heavy atom. The summed E-state index contributed by atoms with van der Waals surface area (Å²) in [5.74, 6) is -1.92. The van der Waals surface area contributed by atoms with Gasteiger partial charge in [-0.2, -0.15) is 0 Å². The fraction of sp³-hybridized carbons (Fsp3) is 0.455. The number of anilines is 1. The molecule has 0 spiro atoms. The van der Waals surface area contributed by atoms with Gasteiger partial charge in [-0.15, -0.1) is 0 Å². The largest absolute Gasteiger partial charge is 0.310 e. The third-order valence-corrected chi connectivity index (χ3v) is 8.23. The number of aromatic nitrogens is 1. The molecule has 2 aromatic rings. The van der Waals surface area contributed by atoms with E-state index in [0.29, 0.717) is 18.4 Å². The summed E-state index contributed by atoms with van der Waals surface area (Å²) in [6.07, 6.45) is -0.533. The minimum atomic E-state index is -3.36. The molecule has 31 heavy (non-hydrogen) atoms. The summed E-state index contributed by atoms with van der Waals surface area (Å²) in [7, 11) is -3.36. The first-order valence-electron chi connectivity index (χ1n) is 10.3. The highest BCUT2D eigenvalue weighted by atomic mass is 32.2. The molecule has 0 aliphatic heterocycles. The van der Waals surface area contributed by atoms with Crippen LogP contribution in [-0.4, -0.2) is 36.9 Å². The second kappa shape index (κ2) is 8.61. The van der Waals surface area contributed by atoms with Crippen molar-refractivity contribution in [1.29, 1.82) is 0 Å². The van der Waals surface area contributed by atoms with Gasteiger partial charge in [0.05, 0.1) is 22.3 Å². The maximum absolute atomic E-state index is 13.7. The number of hydrogen-bond donors (Lipinski definition) is 1. The Labute approximate surface area is 179 Å². The Kier molecular flexibility index (Phi) is 6.05. The van der Waals surface area contributed by atoms with Gasteiger partial charge in [0.25, 0.3) is 0 Å². The molecule has 4 rings (SSSR count). The maximum Gasteiger partial charge on any atom is 0.233 e. The molecule has 4 atom stereocenters. The van der Waals surface area contributed by atoms with Gasteiger partial charge in [-0.3, -0.25) is 4.79 Å². The zero-order valence-corrected chi connectivity index (χ0v) is 17.5. The van der Waals surface area contributed by atoms with Crippen molar-refractivity contribution in [2.75, 3.05) is 5.32 Å². The van der Waals surface area contributed by atoms with Crippen molar-refractivity contribution < 1.29 is 26.4 Å². The van der Waals surface area contributed by atoms with E-state index in [-0.39, 0.29) is 41.1 Å². The van der Waals surface area contributed by atoms with Crippen LogP contribution < -0.4 is 5.32 Å². The number of pyridine rings is 1. The molecule has 1 N–H and O–H groups in total. The Hall–Kier alpha value is -2.42. The first kappa shape index (κ1) is 21.8. The SMILES string of the molecule is O=C(Nc1ccc(F)cn1)C(C[C@H]1C[C@@H](F)[C@@H](F)C1)c1ccc(S(=O)(=O)C2CC2)cc1. The second-order valence-electron chi connectivity index (χ2n) is 8.32. The van der Waals surface area contributed by atoms with Crippen LogP contribution in [0, 0.1) is 11.7 Å². The highest BCUT2D eigenvalue weighted by molar-refractivity contribution is 7.92. The van der Waals surface area contributed by atoms with Gasteiger partial charge in [0.2, 0.25) is 5.91 Å². The summed E-state index contributed by atoms with van der Waals surface area (Å²) in [4.78, 5) is 17.0.